The van der Waals surface area contributed by atoms with Crippen LogP contribution < -0.4 is 11.1 Å². The van der Waals surface area contributed by atoms with E-state index in [1.165, 1.54) is 6.08 Å². The van der Waals surface area contributed by atoms with Gasteiger partial charge in [0.25, 0.3) is 0 Å². The molecule has 0 atom stereocenters. The molecule has 1 aromatic rings. The van der Waals surface area contributed by atoms with Crippen LogP contribution in [0.1, 0.15) is 19.4 Å². The molecule has 20 heavy (non-hydrogen) atoms. The lowest BCUT2D eigenvalue weighted by molar-refractivity contribution is -0.126. The summed E-state index contributed by atoms with van der Waals surface area (Å²) in [5.74, 6) is -0.781. The van der Waals surface area contributed by atoms with E-state index in [1.54, 1.807) is 38.1 Å². The third-order valence-electron chi connectivity index (χ3n) is 2.74. The molecule has 0 aliphatic heterocycles. The number of carbonyl (C=O) groups is 2. The van der Waals surface area contributed by atoms with Crippen LogP contribution >= 0.6 is 23.2 Å². The highest BCUT2D eigenvalue weighted by molar-refractivity contribution is 6.42. The molecular weight excluding hydrogens is 299 g/mol. The summed E-state index contributed by atoms with van der Waals surface area (Å²) in [6.07, 6.45) is 2.96. The molecule has 0 radical (unpaired) electrons. The minimum absolute atomic E-state index is 0.173. The van der Waals surface area contributed by atoms with Crippen molar-refractivity contribution >= 4 is 41.1 Å². The van der Waals surface area contributed by atoms with Crippen molar-refractivity contribution in [2.45, 2.75) is 13.8 Å². The molecule has 1 rings (SSSR count). The van der Waals surface area contributed by atoms with Crippen LogP contribution in [0.4, 0.5) is 0 Å². The average Bonchev–Trinajstić information content (AvgIpc) is 2.37. The van der Waals surface area contributed by atoms with Crippen molar-refractivity contribution in [1.82, 2.24) is 5.32 Å². The fraction of sp³-hybridized carbons (Fsp3) is 0.286. The molecule has 0 fully saturated rings. The van der Waals surface area contributed by atoms with Gasteiger partial charge in [0.2, 0.25) is 11.8 Å². The summed E-state index contributed by atoms with van der Waals surface area (Å²) < 4.78 is 0. The van der Waals surface area contributed by atoms with Crippen LogP contribution in [0.2, 0.25) is 10.0 Å². The fourth-order valence-electron chi connectivity index (χ4n) is 1.24. The molecule has 0 saturated heterocycles. The number of benzene rings is 1. The molecule has 0 aromatic heterocycles. The molecule has 0 spiro atoms. The Labute approximate surface area is 127 Å². The summed E-state index contributed by atoms with van der Waals surface area (Å²) in [6, 6.07) is 5.05. The minimum Gasteiger partial charge on any atom is -0.369 e. The van der Waals surface area contributed by atoms with Crippen LogP contribution in [-0.2, 0) is 9.59 Å². The molecule has 0 aliphatic carbocycles. The average molecular weight is 315 g/mol. The monoisotopic (exact) mass is 314 g/mol. The van der Waals surface area contributed by atoms with E-state index in [4.69, 9.17) is 28.9 Å². The molecule has 2 amide bonds. The predicted octanol–water partition coefficient (Wildman–Crippen LogP) is 2.63. The van der Waals surface area contributed by atoms with Gasteiger partial charge in [-0.1, -0.05) is 29.3 Å². The third-order valence-corrected chi connectivity index (χ3v) is 3.48. The molecule has 1 aromatic carbocycles. The zero-order valence-electron chi connectivity index (χ0n) is 11.2. The molecule has 0 heterocycles. The molecule has 6 heteroatoms. The van der Waals surface area contributed by atoms with Crippen molar-refractivity contribution < 1.29 is 9.59 Å². The van der Waals surface area contributed by atoms with Crippen molar-refractivity contribution in [3.05, 3.63) is 39.9 Å². The molecule has 0 bridgehead atoms. The van der Waals surface area contributed by atoms with Crippen molar-refractivity contribution in [1.29, 1.82) is 0 Å². The molecule has 0 saturated carbocycles. The fourth-order valence-corrected chi connectivity index (χ4v) is 1.55. The summed E-state index contributed by atoms with van der Waals surface area (Å²) >= 11 is 11.7. The van der Waals surface area contributed by atoms with Crippen LogP contribution in [0.5, 0.6) is 0 Å². The van der Waals surface area contributed by atoms with Crippen molar-refractivity contribution in [3.63, 3.8) is 0 Å². The number of primary amides is 1. The summed E-state index contributed by atoms with van der Waals surface area (Å²) in [7, 11) is 0. The second kappa shape index (κ2) is 6.77. The normalized spacial score (nSPS) is 11.6. The Bertz CT molecular complexity index is 554. The number of hydrogen-bond acceptors (Lipinski definition) is 2. The lowest BCUT2D eigenvalue weighted by atomic mass is 9.93. The lowest BCUT2D eigenvalue weighted by Gasteiger charge is -2.20. The molecule has 0 aliphatic rings. The maximum atomic E-state index is 11.6. The molecular formula is C14H16Cl2N2O2. The molecule has 4 nitrogen and oxygen atoms in total. The zero-order valence-corrected chi connectivity index (χ0v) is 12.8. The maximum absolute atomic E-state index is 11.6. The van der Waals surface area contributed by atoms with E-state index in [2.05, 4.69) is 5.32 Å². The number of nitrogens with one attached hydrogen (secondary N) is 1. The lowest BCUT2D eigenvalue weighted by Crippen LogP contribution is -2.41. The van der Waals surface area contributed by atoms with Gasteiger partial charge in [0.1, 0.15) is 0 Å². The Hall–Kier alpha value is -1.52. The van der Waals surface area contributed by atoms with Crippen LogP contribution in [0.15, 0.2) is 24.3 Å². The Morgan fingerprint density at radius 2 is 1.95 bits per heavy atom. The third kappa shape index (κ3) is 4.87. The van der Waals surface area contributed by atoms with Gasteiger partial charge in [0, 0.05) is 12.6 Å². The molecule has 108 valence electrons. The van der Waals surface area contributed by atoms with Gasteiger partial charge in [-0.3, -0.25) is 9.59 Å². The van der Waals surface area contributed by atoms with E-state index in [-0.39, 0.29) is 12.5 Å². The van der Waals surface area contributed by atoms with Crippen molar-refractivity contribution in [2.24, 2.45) is 11.1 Å². The highest BCUT2D eigenvalue weighted by atomic mass is 35.5. The van der Waals surface area contributed by atoms with Crippen LogP contribution in [0.25, 0.3) is 6.08 Å². The van der Waals surface area contributed by atoms with E-state index in [9.17, 15) is 9.59 Å². The first kappa shape index (κ1) is 16.5. The van der Waals surface area contributed by atoms with Gasteiger partial charge in [0.05, 0.1) is 15.5 Å². The Kier molecular flexibility index (Phi) is 5.60. The Morgan fingerprint density at radius 1 is 1.30 bits per heavy atom. The first-order valence-corrected chi connectivity index (χ1v) is 6.69. The standard InChI is InChI=1S/C14H16Cl2N2O2/c1-14(2,13(17)20)8-18-12(19)6-4-9-3-5-10(15)11(16)7-9/h3-7H,8H2,1-2H3,(H2,17,20)(H,18,19). The largest absolute Gasteiger partial charge is 0.369 e. The number of halogens is 2. The number of rotatable bonds is 5. The summed E-state index contributed by atoms with van der Waals surface area (Å²) in [6.45, 7) is 3.50. The van der Waals surface area contributed by atoms with Gasteiger partial charge in [-0.15, -0.1) is 0 Å². The van der Waals surface area contributed by atoms with Gasteiger partial charge in [-0.05, 0) is 37.6 Å². The van der Waals surface area contributed by atoms with E-state index in [0.29, 0.717) is 10.0 Å². The van der Waals surface area contributed by atoms with E-state index >= 15 is 0 Å². The van der Waals surface area contributed by atoms with E-state index in [1.807, 2.05) is 0 Å². The maximum Gasteiger partial charge on any atom is 0.244 e. The van der Waals surface area contributed by atoms with Crippen molar-refractivity contribution in [3.8, 4) is 0 Å². The van der Waals surface area contributed by atoms with E-state index < -0.39 is 11.3 Å². The number of amides is 2. The Morgan fingerprint density at radius 3 is 2.50 bits per heavy atom. The minimum atomic E-state index is -0.785. The molecule has 3 N–H and O–H groups in total. The summed E-state index contributed by atoms with van der Waals surface area (Å²) in [5.41, 5.74) is 5.19. The number of hydrogen-bond donors (Lipinski definition) is 2. The van der Waals surface area contributed by atoms with Gasteiger partial charge in [0.15, 0.2) is 0 Å². The highest BCUT2D eigenvalue weighted by Gasteiger charge is 2.24. The van der Waals surface area contributed by atoms with Crippen LogP contribution in [0.3, 0.4) is 0 Å². The van der Waals surface area contributed by atoms with Gasteiger partial charge in [-0.25, -0.2) is 0 Å². The van der Waals surface area contributed by atoms with Crippen LogP contribution in [-0.4, -0.2) is 18.4 Å². The second-order valence-corrected chi connectivity index (χ2v) is 5.79. The first-order chi connectivity index (χ1) is 9.22. The summed E-state index contributed by atoms with van der Waals surface area (Å²) in [4.78, 5) is 22.7. The van der Waals surface area contributed by atoms with Crippen molar-refractivity contribution in [2.75, 3.05) is 6.54 Å². The highest BCUT2D eigenvalue weighted by Crippen LogP contribution is 2.23. The Balaban J connectivity index is 2.60. The SMILES string of the molecule is CC(C)(CNC(=O)C=Cc1ccc(Cl)c(Cl)c1)C(N)=O. The number of carbonyl (C=O) groups excluding carboxylic acids is 2. The first-order valence-electron chi connectivity index (χ1n) is 5.93. The van der Waals surface area contributed by atoms with Gasteiger partial charge in [-0.2, -0.15) is 0 Å². The smallest absolute Gasteiger partial charge is 0.244 e. The van der Waals surface area contributed by atoms with Gasteiger partial charge >= 0.3 is 0 Å². The molecule has 0 unspecified atom stereocenters. The zero-order chi connectivity index (χ0) is 15.3. The second-order valence-electron chi connectivity index (χ2n) is 4.97. The van der Waals surface area contributed by atoms with E-state index in [0.717, 1.165) is 5.56 Å². The summed E-state index contributed by atoms with van der Waals surface area (Å²) in [5, 5.41) is 3.49. The number of nitrogens with two attached hydrogens (primary N) is 1. The van der Waals surface area contributed by atoms with Crippen LogP contribution in [0, 0.1) is 5.41 Å². The van der Waals surface area contributed by atoms with Gasteiger partial charge < -0.3 is 11.1 Å². The topological polar surface area (TPSA) is 72.2 Å². The quantitative estimate of drug-likeness (QED) is 0.820. The predicted molar refractivity (Wildman–Crippen MR) is 81.5 cm³/mol.